The number of nitrogens with one attached hydrogen (secondary N) is 1. The molecule has 0 spiro atoms. The van der Waals surface area contributed by atoms with Crippen molar-refractivity contribution in [1.82, 2.24) is 3.53 Å². The summed E-state index contributed by atoms with van der Waals surface area (Å²) >= 11 is 2.03. The van der Waals surface area contributed by atoms with Crippen molar-refractivity contribution < 1.29 is 50.1 Å². The van der Waals surface area contributed by atoms with Crippen molar-refractivity contribution in [2.24, 2.45) is 23.7 Å². The first-order valence-electron chi connectivity index (χ1n) is 9.68. The van der Waals surface area contributed by atoms with Gasteiger partial charge in [0.05, 0.1) is 0 Å². The van der Waals surface area contributed by atoms with E-state index in [1.807, 2.05) is 0 Å². The van der Waals surface area contributed by atoms with E-state index in [-0.39, 0.29) is 71.4 Å². The van der Waals surface area contributed by atoms with Crippen LogP contribution < -0.4 is 25.0 Å². The maximum atomic E-state index is 12.9. The zero-order valence-corrected chi connectivity index (χ0v) is 19.0. The summed E-state index contributed by atoms with van der Waals surface area (Å²) in [7, 11) is 0. The molecule has 3 aliphatic carbocycles. The number of ether oxygens (including phenoxy) is 3. The van der Waals surface area contributed by atoms with E-state index in [0.29, 0.717) is 6.42 Å². The number of halogens is 2. The average molecular weight is 602 g/mol. The number of carbonyl (C=O) groups excluding carboxylic acids is 3. The molecule has 3 saturated carbocycles. The normalized spacial score (nSPS) is 43.6. The van der Waals surface area contributed by atoms with Crippen LogP contribution in [0.3, 0.4) is 0 Å². The molecular weight excluding hydrogens is 580 g/mol. The minimum atomic E-state index is -0.528. The van der Waals surface area contributed by atoms with Gasteiger partial charge in [-0.3, -0.25) is 0 Å². The number of fused-ring (bicyclic) bond motifs is 1. The predicted octanol–water partition coefficient (Wildman–Crippen LogP) is -1.68. The first-order chi connectivity index (χ1) is 13.0. The number of alkyl halides is 2. The van der Waals surface area contributed by atoms with Gasteiger partial charge in [0.1, 0.15) is 0 Å². The van der Waals surface area contributed by atoms with Crippen LogP contribution in [0.5, 0.6) is 0 Å². The molecular formula is C18H22I2NO6-. The molecule has 7 nitrogen and oxygen atoms in total. The molecule has 9 heteroatoms. The van der Waals surface area contributed by atoms with Gasteiger partial charge in [0.15, 0.2) is 0 Å². The molecule has 0 amide bonds. The summed E-state index contributed by atoms with van der Waals surface area (Å²) in [5.41, 5.74) is 0. The summed E-state index contributed by atoms with van der Waals surface area (Å²) in [6.07, 6.45) is 4.91. The van der Waals surface area contributed by atoms with E-state index in [1.165, 1.54) is 6.42 Å². The van der Waals surface area contributed by atoms with Crippen molar-refractivity contribution in [1.29, 1.82) is 0 Å². The predicted molar refractivity (Wildman–Crippen MR) is 96.0 cm³/mol. The molecule has 0 aromatic carbocycles. The van der Waals surface area contributed by atoms with Gasteiger partial charge in [-0.15, -0.1) is 0 Å². The molecule has 1 N–H and O–H groups in total. The van der Waals surface area contributed by atoms with Gasteiger partial charge in [0.25, 0.3) is 0 Å². The summed E-state index contributed by atoms with van der Waals surface area (Å²) in [5, 5.41) is 0. The molecule has 0 aromatic heterocycles. The number of carbonyl (C=O) groups is 3. The standard InChI is InChI=1S/C18H22I2NO6/c19-12(15-20-21-15)18(24)27-14-8-6-9-11(17(23)26-13(9)14)10(8)16(22)25-7-4-2-1-3-5-7/h7-15,21H,1-6H2/q-1. The summed E-state index contributed by atoms with van der Waals surface area (Å²) in [6.45, 7) is 0. The van der Waals surface area contributed by atoms with Gasteiger partial charge in [-0.2, -0.15) is 0 Å². The Labute approximate surface area is 181 Å². The Morgan fingerprint density at radius 2 is 1.93 bits per heavy atom. The second kappa shape index (κ2) is 7.26. The zero-order valence-electron chi connectivity index (χ0n) is 14.6. The van der Waals surface area contributed by atoms with Gasteiger partial charge >= 0.3 is 176 Å². The molecule has 8 unspecified atom stereocenters. The topological polar surface area (TPSA) is 101 Å². The van der Waals surface area contributed by atoms with Crippen LogP contribution in [0.25, 0.3) is 0 Å². The third-order valence-electron chi connectivity index (χ3n) is 6.62. The van der Waals surface area contributed by atoms with Gasteiger partial charge in [0.2, 0.25) is 0 Å². The average Bonchev–Trinajstić information content (AvgIpc) is 3.29. The van der Waals surface area contributed by atoms with Gasteiger partial charge in [-0.25, -0.2) is 0 Å². The van der Waals surface area contributed by atoms with Crippen LogP contribution in [0.4, 0.5) is 0 Å². The molecule has 5 fully saturated rings. The third-order valence-corrected chi connectivity index (χ3v) is 11.3. The molecule has 0 aromatic rings. The Morgan fingerprint density at radius 1 is 1.19 bits per heavy atom. The van der Waals surface area contributed by atoms with E-state index < -0.39 is 17.9 Å². The van der Waals surface area contributed by atoms with Crippen LogP contribution >= 0.6 is 22.6 Å². The van der Waals surface area contributed by atoms with E-state index in [9.17, 15) is 14.4 Å². The van der Waals surface area contributed by atoms with Crippen molar-refractivity contribution in [2.45, 2.75) is 64.8 Å². The van der Waals surface area contributed by atoms with Crippen LogP contribution in [0.2, 0.25) is 0 Å². The van der Waals surface area contributed by atoms with Crippen molar-refractivity contribution in [3.63, 3.8) is 0 Å². The Balaban J connectivity index is 1.31. The van der Waals surface area contributed by atoms with Gasteiger partial charge < -0.3 is 0 Å². The monoisotopic (exact) mass is 602 g/mol. The fourth-order valence-electron chi connectivity index (χ4n) is 5.36. The second-order valence-electron chi connectivity index (χ2n) is 8.14. The summed E-state index contributed by atoms with van der Waals surface area (Å²) in [6, 6.07) is 0. The van der Waals surface area contributed by atoms with Gasteiger partial charge in [-0.05, 0) is 0 Å². The van der Waals surface area contributed by atoms with Crippen LogP contribution in [-0.4, -0.2) is 44.2 Å². The molecule has 0 radical (unpaired) electrons. The molecule has 2 aliphatic heterocycles. The Hall–Kier alpha value is -0.170. The van der Waals surface area contributed by atoms with Crippen molar-refractivity contribution in [3.05, 3.63) is 0 Å². The molecule has 27 heavy (non-hydrogen) atoms. The quantitative estimate of drug-likeness (QED) is 0.0764. The second-order valence-corrected chi connectivity index (χ2v) is 12.1. The minimum absolute atomic E-state index is 0.0247. The Kier molecular flexibility index (Phi) is 5.07. The Morgan fingerprint density at radius 3 is 2.63 bits per heavy atom. The molecule has 150 valence electrons. The fourth-order valence-corrected chi connectivity index (χ4v) is 8.46. The van der Waals surface area contributed by atoms with Gasteiger partial charge in [-0.1, -0.05) is 6.42 Å². The van der Waals surface area contributed by atoms with Crippen molar-refractivity contribution in [2.75, 3.05) is 0 Å². The van der Waals surface area contributed by atoms with Crippen LogP contribution in [0.1, 0.15) is 38.5 Å². The first kappa shape index (κ1) is 18.8. The molecule has 5 aliphatic rings. The summed E-state index contributed by atoms with van der Waals surface area (Å²) in [5.74, 6) is -2.01. The van der Waals surface area contributed by atoms with Gasteiger partial charge in [0, 0.05) is 0 Å². The number of esters is 3. The Bertz CT molecular complexity index is 664. The summed E-state index contributed by atoms with van der Waals surface area (Å²) in [4.78, 5) is 37.8. The first-order valence-corrected chi connectivity index (χ1v) is 13.2. The molecule has 8 atom stereocenters. The van der Waals surface area contributed by atoms with Crippen LogP contribution in [0.15, 0.2) is 0 Å². The van der Waals surface area contributed by atoms with E-state index in [2.05, 4.69) is 26.1 Å². The fraction of sp³-hybridized carbons (Fsp3) is 0.833. The van der Waals surface area contributed by atoms with Crippen LogP contribution in [-0.2, 0) is 28.6 Å². The van der Waals surface area contributed by atoms with Crippen molar-refractivity contribution >= 4 is 40.5 Å². The maximum absolute atomic E-state index is 12.9. The summed E-state index contributed by atoms with van der Waals surface area (Å²) < 4.78 is 20.4. The van der Waals surface area contributed by atoms with Crippen LogP contribution in [0, 0.1) is 23.7 Å². The molecule has 2 heterocycles. The van der Waals surface area contributed by atoms with E-state index in [1.54, 1.807) is 0 Å². The molecule has 2 bridgehead atoms. The van der Waals surface area contributed by atoms with E-state index in [4.69, 9.17) is 14.2 Å². The number of rotatable bonds is 5. The number of hydrogen-bond donors (Lipinski definition) is 1. The zero-order chi connectivity index (χ0) is 18.7. The van der Waals surface area contributed by atoms with Crippen molar-refractivity contribution in [3.8, 4) is 0 Å². The number of hydrogen-bond acceptors (Lipinski definition) is 7. The molecule has 5 rings (SSSR count). The van der Waals surface area contributed by atoms with E-state index >= 15 is 0 Å². The SMILES string of the molecule is O=C(OC1C2CC3C1OC(=O)C3C2C(=O)OC1CCCCC1)C(I)C1N[I-]1. The third kappa shape index (κ3) is 3.28. The van der Waals surface area contributed by atoms with E-state index in [0.717, 1.165) is 25.7 Å². The molecule has 2 saturated heterocycles.